The number of hydrogen-bond acceptors (Lipinski definition) is 2. The zero-order chi connectivity index (χ0) is 14.3. The Bertz CT molecular complexity index is 504. The fourth-order valence-corrected chi connectivity index (χ4v) is 2.85. The van der Waals surface area contributed by atoms with Crippen LogP contribution in [0.4, 0.5) is 14.5 Å². The van der Waals surface area contributed by atoms with Crippen LogP contribution in [0.2, 0.25) is 0 Å². The molecule has 20 heavy (non-hydrogen) atoms. The van der Waals surface area contributed by atoms with Crippen molar-refractivity contribution in [1.29, 1.82) is 0 Å². The van der Waals surface area contributed by atoms with Gasteiger partial charge in [0.05, 0.1) is 5.56 Å². The maximum absolute atomic E-state index is 13.8. The summed E-state index contributed by atoms with van der Waals surface area (Å²) in [6.07, 6.45) is 4.86. The van der Waals surface area contributed by atoms with Crippen LogP contribution >= 0.6 is 0 Å². The zero-order valence-corrected chi connectivity index (χ0v) is 11.0. The predicted molar refractivity (Wildman–Crippen MR) is 70.7 cm³/mol. The molecule has 0 unspecified atom stereocenters. The van der Waals surface area contributed by atoms with Crippen molar-refractivity contribution < 1.29 is 18.7 Å². The van der Waals surface area contributed by atoms with E-state index in [1.807, 2.05) is 0 Å². The summed E-state index contributed by atoms with van der Waals surface area (Å²) in [5, 5.41) is 11.6. The Labute approximate surface area is 116 Å². The molecule has 5 heteroatoms. The van der Waals surface area contributed by atoms with Crippen LogP contribution in [0.3, 0.4) is 0 Å². The number of carboxylic acid groups (broad SMARTS) is 1. The highest BCUT2D eigenvalue weighted by molar-refractivity contribution is 5.88. The van der Waals surface area contributed by atoms with Gasteiger partial charge in [-0.1, -0.05) is 0 Å². The van der Waals surface area contributed by atoms with Gasteiger partial charge < -0.3 is 10.4 Å². The first-order chi connectivity index (χ1) is 9.56. The summed E-state index contributed by atoms with van der Waals surface area (Å²) in [6.45, 7) is 0.565. The molecule has 2 N–H and O–H groups in total. The molecule has 0 radical (unpaired) electrons. The highest BCUT2D eigenvalue weighted by Gasteiger charge is 2.41. The first kappa shape index (κ1) is 13.3. The molecule has 1 aromatic carbocycles. The number of carbonyl (C=O) groups is 1. The molecule has 0 atom stereocenters. The highest BCUT2D eigenvalue weighted by Crippen LogP contribution is 2.49. The Hall–Kier alpha value is -1.65. The van der Waals surface area contributed by atoms with Gasteiger partial charge in [0.1, 0.15) is 17.3 Å². The molecule has 2 fully saturated rings. The van der Waals surface area contributed by atoms with Gasteiger partial charge in [-0.05, 0) is 55.6 Å². The van der Waals surface area contributed by atoms with Gasteiger partial charge in [-0.3, -0.25) is 0 Å². The second-order valence-electron chi connectivity index (χ2n) is 5.84. The van der Waals surface area contributed by atoms with Crippen LogP contribution in [0.5, 0.6) is 0 Å². The smallest absolute Gasteiger partial charge is 0.335 e. The van der Waals surface area contributed by atoms with Gasteiger partial charge in [0, 0.05) is 6.54 Å². The molecule has 2 saturated carbocycles. The highest BCUT2D eigenvalue weighted by atomic mass is 19.1. The van der Waals surface area contributed by atoms with Crippen LogP contribution in [0.1, 0.15) is 36.0 Å². The van der Waals surface area contributed by atoms with E-state index in [1.54, 1.807) is 0 Å². The number of hydrogen-bond donors (Lipinski definition) is 2. The van der Waals surface area contributed by atoms with Crippen molar-refractivity contribution in [3.8, 4) is 0 Å². The predicted octanol–water partition coefficient (Wildman–Crippen LogP) is 3.51. The van der Waals surface area contributed by atoms with Crippen LogP contribution in [-0.2, 0) is 0 Å². The van der Waals surface area contributed by atoms with Crippen molar-refractivity contribution in [3.63, 3.8) is 0 Å². The molecule has 0 bridgehead atoms. The van der Waals surface area contributed by atoms with Gasteiger partial charge in [0.15, 0.2) is 0 Å². The van der Waals surface area contributed by atoms with E-state index >= 15 is 0 Å². The van der Waals surface area contributed by atoms with E-state index < -0.39 is 17.6 Å². The molecule has 0 saturated heterocycles. The van der Waals surface area contributed by atoms with E-state index in [-0.39, 0.29) is 11.3 Å². The number of aromatic carboxylic acids is 1. The molecule has 0 aromatic heterocycles. The van der Waals surface area contributed by atoms with Crippen molar-refractivity contribution in [2.24, 2.45) is 17.8 Å². The van der Waals surface area contributed by atoms with E-state index in [0.717, 1.165) is 12.1 Å². The van der Waals surface area contributed by atoms with Gasteiger partial charge in [-0.15, -0.1) is 0 Å². The maximum Gasteiger partial charge on any atom is 0.335 e. The standard InChI is InChI=1S/C15H17F2NO2/c16-12-5-10(15(19)20)6-13(17)14(12)18-7-11(8-1-2-8)9-3-4-9/h5-6,8-9,11,18H,1-4,7H2,(H,19,20). The fraction of sp³-hybridized carbons (Fsp3) is 0.533. The molecule has 3 rings (SSSR count). The molecular formula is C15H17F2NO2. The van der Waals surface area contributed by atoms with E-state index in [2.05, 4.69) is 5.32 Å². The topological polar surface area (TPSA) is 49.3 Å². The SMILES string of the molecule is O=C(O)c1cc(F)c(NCC(C2CC2)C2CC2)c(F)c1. The van der Waals surface area contributed by atoms with E-state index in [0.29, 0.717) is 24.3 Å². The number of anilines is 1. The number of carboxylic acids is 1. The summed E-state index contributed by atoms with van der Waals surface area (Å²) < 4.78 is 27.6. The molecule has 0 spiro atoms. The Morgan fingerprint density at radius 2 is 1.70 bits per heavy atom. The second kappa shape index (κ2) is 5.04. The average molecular weight is 281 g/mol. The number of nitrogens with one attached hydrogen (secondary N) is 1. The Morgan fingerprint density at radius 1 is 1.20 bits per heavy atom. The number of halogens is 2. The summed E-state index contributed by atoms with van der Waals surface area (Å²) in [4.78, 5) is 10.7. The van der Waals surface area contributed by atoms with Gasteiger partial charge >= 0.3 is 5.97 Å². The van der Waals surface area contributed by atoms with Crippen molar-refractivity contribution in [2.45, 2.75) is 25.7 Å². The van der Waals surface area contributed by atoms with Gasteiger partial charge in [0.2, 0.25) is 0 Å². The molecule has 0 heterocycles. The van der Waals surface area contributed by atoms with Crippen molar-refractivity contribution >= 4 is 11.7 Å². The monoisotopic (exact) mass is 281 g/mol. The van der Waals surface area contributed by atoms with E-state index in [4.69, 9.17) is 5.11 Å². The molecular weight excluding hydrogens is 264 g/mol. The Morgan fingerprint density at radius 3 is 2.10 bits per heavy atom. The molecule has 0 amide bonds. The first-order valence-corrected chi connectivity index (χ1v) is 7.02. The van der Waals surface area contributed by atoms with E-state index in [1.165, 1.54) is 25.7 Å². The van der Waals surface area contributed by atoms with Crippen LogP contribution in [0.15, 0.2) is 12.1 Å². The van der Waals surface area contributed by atoms with Crippen LogP contribution in [-0.4, -0.2) is 17.6 Å². The normalized spacial score (nSPS) is 18.4. The molecule has 1 aromatic rings. The molecule has 0 aliphatic heterocycles. The average Bonchev–Trinajstić information content (AvgIpc) is 3.26. The first-order valence-electron chi connectivity index (χ1n) is 7.02. The minimum absolute atomic E-state index is 0.207. The van der Waals surface area contributed by atoms with Gasteiger partial charge in [0.25, 0.3) is 0 Å². The minimum Gasteiger partial charge on any atom is -0.478 e. The summed E-state index contributed by atoms with van der Waals surface area (Å²) in [6, 6.07) is 1.72. The molecule has 108 valence electrons. The summed E-state index contributed by atoms with van der Waals surface area (Å²) in [7, 11) is 0. The summed E-state index contributed by atoms with van der Waals surface area (Å²) in [5.41, 5.74) is -0.576. The second-order valence-corrected chi connectivity index (χ2v) is 5.84. The fourth-order valence-electron chi connectivity index (χ4n) is 2.85. The molecule has 2 aliphatic carbocycles. The number of benzene rings is 1. The maximum atomic E-state index is 13.8. The van der Waals surface area contributed by atoms with Crippen LogP contribution in [0, 0.1) is 29.4 Å². The summed E-state index contributed by atoms with van der Waals surface area (Å²) in [5.74, 6) is -1.13. The largest absolute Gasteiger partial charge is 0.478 e. The lowest BCUT2D eigenvalue weighted by molar-refractivity contribution is 0.0696. The number of rotatable bonds is 6. The van der Waals surface area contributed by atoms with Crippen LogP contribution < -0.4 is 5.32 Å². The lowest BCUT2D eigenvalue weighted by atomic mass is 9.98. The van der Waals surface area contributed by atoms with Crippen molar-refractivity contribution in [1.82, 2.24) is 0 Å². The Kier molecular flexibility index (Phi) is 3.36. The molecule has 2 aliphatic rings. The van der Waals surface area contributed by atoms with Gasteiger partial charge in [-0.2, -0.15) is 0 Å². The summed E-state index contributed by atoms with van der Waals surface area (Å²) >= 11 is 0. The zero-order valence-electron chi connectivity index (χ0n) is 11.0. The van der Waals surface area contributed by atoms with Gasteiger partial charge in [-0.25, -0.2) is 13.6 Å². The third kappa shape index (κ3) is 2.76. The Balaban J connectivity index is 1.71. The minimum atomic E-state index is -1.33. The third-order valence-electron chi connectivity index (χ3n) is 4.26. The van der Waals surface area contributed by atoms with E-state index in [9.17, 15) is 13.6 Å². The quantitative estimate of drug-likeness (QED) is 0.839. The third-order valence-corrected chi connectivity index (χ3v) is 4.26. The van der Waals surface area contributed by atoms with Crippen molar-refractivity contribution in [3.05, 3.63) is 29.3 Å². The lowest BCUT2D eigenvalue weighted by Crippen LogP contribution is -2.19. The lowest BCUT2D eigenvalue weighted by Gasteiger charge is -2.18. The molecule has 3 nitrogen and oxygen atoms in total. The van der Waals surface area contributed by atoms with Crippen LogP contribution in [0.25, 0.3) is 0 Å². The van der Waals surface area contributed by atoms with Crippen molar-refractivity contribution in [2.75, 3.05) is 11.9 Å².